The van der Waals surface area contributed by atoms with Crippen molar-refractivity contribution in [1.29, 1.82) is 0 Å². The van der Waals surface area contributed by atoms with E-state index in [-0.39, 0.29) is 10.8 Å². The van der Waals surface area contributed by atoms with E-state index in [0.717, 1.165) is 11.1 Å². The Labute approximate surface area is 98.8 Å². The van der Waals surface area contributed by atoms with Gasteiger partial charge in [-0.15, -0.1) is 0 Å². The van der Waals surface area contributed by atoms with Crippen LogP contribution in [0, 0.1) is 13.8 Å². The molecule has 82 valence electrons. The average molecular weight is 271 g/mol. The Hall–Kier alpha value is -0.830. The number of halogens is 1. The molecular weight excluding hydrogens is 256 g/mol. The van der Waals surface area contributed by atoms with E-state index in [2.05, 4.69) is 15.9 Å². The number of hydrogen-bond donors (Lipinski definition) is 0. The van der Waals surface area contributed by atoms with Crippen molar-refractivity contribution in [3.8, 4) is 0 Å². The molecule has 1 aromatic rings. The van der Waals surface area contributed by atoms with Crippen molar-refractivity contribution in [2.45, 2.75) is 25.6 Å². The number of carbonyl (C=O) groups is 1. The van der Waals surface area contributed by atoms with Gasteiger partial charge in [0.1, 0.15) is 6.61 Å². The molecule has 0 spiro atoms. The van der Waals surface area contributed by atoms with Gasteiger partial charge in [0, 0.05) is 4.83 Å². The molecule has 0 fully saturated rings. The van der Waals surface area contributed by atoms with Gasteiger partial charge in [-0.3, -0.25) is 0 Å². The second kappa shape index (κ2) is 5.31. The highest BCUT2D eigenvalue weighted by atomic mass is 79.9. The summed E-state index contributed by atoms with van der Waals surface area (Å²) in [6, 6.07) is 5.77. The van der Waals surface area contributed by atoms with Crippen LogP contribution >= 0.6 is 15.9 Å². The van der Waals surface area contributed by atoms with Crippen LogP contribution in [0.2, 0.25) is 0 Å². The van der Waals surface area contributed by atoms with Crippen molar-refractivity contribution in [1.82, 2.24) is 0 Å². The van der Waals surface area contributed by atoms with Crippen molar-refractivity contribution in [2.24, 2.45) is 0 Å². The standard InChI is InChI=1S/C12H15BrO2/c1-8-5-4-6-9(2)11(8)12(14)15-7-10(3)13/h4-6,10H,7H2,1-3H3. The van der Waals surface area contributed by atoms with Crippen molar-refractivity contribution < 1.29 is 9.53 Å². The van der Waals surface area contributed by atoms with Gasteiger partial charge in [0.15, 0.2) is 0 Å². The van der Waals surface area contributed by atoms with Crippen LogP contribution in [0.4, 0.5) is 0 Å². The first-order valence-corrected chi connectivity index (χ1v) is 5.81. The van der Waals surface area contributed by atoms with Crippen LogP contribution in [-0.4, -0.2) is 17.4 Å². The maximum absolute atomic E-state index is 11.7. The first-order valence-electron chi connectivity index (χ1n) is 4.89. The van der Waals surface area contributed by atoms with E-state index in [9.17, 15) is 4.79 Å². The number of esters is 1. The zero-order valence-electron chi connectivity index (χ0n) is 9.21. The molecule has 1 rings (SSSR count). The Morgan fingerprint density at radius 3 is 2.40 bits per heavy atom. The molecule has 3 heteroatoms. The van der Waals surface area contributed by atoms with Crippen LogP contribution in [0.5, 0.6) is 0 Å². The highest BCUT2D eigenvalue weighted by Gasteiger charge is 2.13. The Bertz CT molecular complexity index is 338. The summed E-state index contributed by atoms with van der Waals surface area (Å²) in [4.78, 5) is 11.9. The molecule has 0 aliphatic carbocycles. The van der Waals surface area contributed by atoms with Gasteiger partial charge in [0.05, 0.1) is 5.56 Å². The van der Waals surface area contributed by atoms with E-state index in [4.69, 9.17) is 4.74 Å². The lowest BCUT2D eigenvalue weighted by molar-refractivity contribution is 0.0510. The normalized spacial score (nSPS) is 12.3. The van der Waals surface area contributed by atoms with Crippen molar-refractivity contribution in [3.05, 3.63) is 34.9 Å². The Morgan fingerprint density at radius 2 is 1.93 bits per heavy atom. The monoisotopic (exact) mass is 270 g/mol. The molecule has 1 unspecified atom stereocenters. The molecule has 0 radical (unpaired) electrons. The van der Waals surface area contributed by atoms with E-state index in [1.54, 1.807) is 0 Å². The van der Waals surface area contributed by atoms with Crippen LogP contribution in [0.15, 0.2) is 18.2 Å². The number of benzene rings is 1. The van der Waals surface area contributed by atoms with Crippen LogP contribution in [-0.2, 0) is 4.74 Å². The van der Waals surface area contributed by atoms with Gasteiger partial charge in [0.2, 0.25) is 0 Å². The van der Waals surface area contributed by atoms with E-state index in [1.165, 1.54) is 0 Å². The minimum absolute atomic E-state index is 0.186. The van der Waals surface area contributed by atoms with Crippen molar-refractivity contribution in [2.75, 3.05) is 6.61 Å². The van der Waals surface area contributed by atoms with Crippen LogP contribution in [0.1, 0.15) is 28.4 Å². The third kappa shape index (κ3) is 3.34. The number of rotatable bonds is 3. The molecular formula is C12H15BrO2. The fourth-order valence-corrected chi connectivity index (χ4v) is 1.53. The fraction of sp³-hybridized carbons (Fsp3) is 0.417. The number of hydrogen-bond acceptors (Lipinski definition) is 2. The quantitative estimate of drug-likeness (QED) is 0.623. The Kier molecular flexibility index (Phi) is 4.33. The average Bonchev–Trinajstić information content (AvgIpc) is 2.14. The second-order valence-electron chi connectivity index (χ2n) is 3.65. The number of alkyl halides is 1. The van der Waals surface area contributed by atoms with E-state index in [0.29, 0.717) is 12.2 Å². The molecule has 0 heterocycles. The molecule has 0 saturated carbocycles. The highest BCUT2D eigenvalue weighted by Crippen LogP contribution is 2.14. The topological polar surface area (TPSA) is 26.3 Å². The van der Waals surface area contributed by atoms with Gasteiger partial charge in [-0.05, 0) is 31.9 Å². The maximum atomic E-state index is 11.7. The highest BCUT2D eigenvalue weighted by molar-refractivity contribution is 9.09. The summed E-state index contributed by atoms with van der Waals surface area (Å²) in [6.07, 6.45) is 0. The zero-order valence-corrected chi connectivity index (χ0v) is 10.8. The summed E-state index contributed by atoms with van der Waals surface area (Å²) < 4.78 is 5.17. The molecule has 1 aromatic carbocycles. The van der Waals surface area contributed by atoms with Gasteiger partial charge in [-0.2, -0.15) is 0 Å². The molecule has 0 aromatic heterocycles. The molecule has 0 aliphatic rings. The lowest BCUT2D eigenvalue weighted by Crippen LogP contribution is -2.13. The summed E-state index contributed by atoms with van der Waals surface area (Å²) >= 11 is 3.34. The van der Waals surface area contributed by atoms with E-state index < -0.39 is 0 Å². The van der Waals surface area contributed by atoms with Crippen molar-refractivity contribution >= 4 is 21.9 Å². The summed E-state index contributed by atoms with van der Waals surface area (Å²) in [5.74, 6) is -0.239. The van der Waals surface area contributed by atoms with Crippen molar-refractivity contribution in [3.63, 3.8) is 0 Å². The third-order valence-corrected chi connectivity index (χ3v) is 2.39. The van der Waals surface area contributed by atoms with E-state index in [1.807, 2.05) is 39.0 Å². The first-order chi connectivity index (χ1) is 7.02. The van der Waals surface area contributed by atoms with Gasteiger partial charge in [-0.1, -0.05) is 34.1 Å². The first kappa shape index (κ1) is 12.2. The molecule has 15 heavy (non-hydrogen) atoms. The van der Waals surface area contributed by atoms with Gasteiger partial charge in [-0.25, -0.2) is 4.79 Å². The summed E-state index contributed by atoms with van der Waals surface area (Å²) in [6.45, 7) is 6.17. The molecule has 1 atom stereocenters. The maximum Gasteiger partial charge on any atom is 0.338 e. The van der Waals surface area contributed by atoms with Crippen LogP contribution in [0.25, 0.3) is 0 Å². The Balaban J connectivity index is 2.82. The molecule has 0 N–H and O–H groups in total. The summed E-state index contributed by atoms with van der Waals surface area (Å²) in [7, 11) is 0. The molecule has 0 bridgehead atoms. The largest absolute Gasteiger partial charge is 0.461 e. The lowest BCUT2D eigenvalue weighted by Gasteiger charge is -2.10. The number of ether oxygens (including phenoxy) is 1. The molecule has 0 saturated heterocycles. The third-order valence-electron chi connectivity index (χ3n) is 2.13. The smallest absolute Gasteiger partial charge is 0.338 e. The number of carbonyl (C=O) groups excluding carboxylic acids is 1. The SMILES string of the molecule is Cc1cccc(C)c1C(=O)OCC(C)Br. The Morgan fingerprint density at radius 1 is 1.40 bits per heavy atom. The summed E-state index contributed by atoms with van der Waals surface area (Å²) in [5, 5.41) is 0. The minimum Gasteiger partial charge on any atom is -0.461 e. The van der Waals surface area contributed by atoms with Crippen LogP contribution in [0.3, 0.4) is 0 Å². The minimum atomic E-state index is -0.239. The predicted molar refractivity (Wildman–Crippen MR) is 64.6 cm³/mol. The van der Waals surface area contributed by atoms with Gasteiger partial charge >= 0.3 is 5.97 Å². The van der Waals surface area contributed by atoms with E-state index >= 15 is 0 Å². The molecule has 2 nitrogen and oxygen atoms in total. The number of aryl methyl sites for hydroxylation is 2. The van der Waals surface area contributed by atoms with Crippen LogP contribution < -0.4 is 0 Å². The zero-order chi connectivity index (χ0) is 11.4. The fourth-order valence-electron chi connectivity index (χ4n) is 1.40. The predicted octanol–water partition coefficient (Wildman–Crippen LogP) is 3.24. The summed E-state index contributed by atoms with van der Waals surface area (Å²) in [5.41, 5.74) is 2.61. The van der Waals surface area contributed by atoms with Gasteiger partial charge in [0.25, 0.3) is 0 Å². The molecule has 0 aliphatic heterocycles. The van der Waals surface area contributed by atoms with Gasteiger partial charge < -0.3 is 4.74 Å². The lowest BCUT2D eigenvalue weighted by atomic mass is 10.0. The second-order valence-corrected chi connectivity index (χ2v) is 5.21. The molecule has 0 amide bonds.